The first-order chi connectivity index (χ1) is 24.8. The van der Waals surface area contributed by atoms with Crippen LogP contribution in [0.15, 0.2) is 168 Å². The summed E-state index contributed by atoms with van der Waals surface area (Å²) in [5.74, 6) is 1.72. The lowest BCUT2D eigenvalue weighted by Crippen LogP contribution is -2.10. The normalized spacial score (nSPS) is 12.2. The summed E-state index contributed by atoms with van der Waals surface area (Å²) in [5, 5.41) is 7.08. The minimum absolute atomic E-state index is 0.846. The average molecular weight is 658 g/mol. The lowest BCUT2D eigenvalue weighted by atomic mass is 9.90. The van der Waals surface area contributed by atoms with Crippen molar-refractivity contribution in [1.82, 2.24) is 0 Å². The van der Waals surface area contributed by atoms with E-state index in [4.69, 9.17) is 9.15 Å². The Morgan fingerprint density at radius 3 is 2.10 bits per heavy atom. The maximum Gasteiger partial charge on any atom is 0.137 e. The molecule has 2 aromatic heterocycles. The van der Waals surface area contributed by atoms with Gasteiger partial charge in [-0.25, -0.2) is 0 Å². The Hall–Kier alpha value is -6.36. The first-order valence-electron chi connectivity index (χ1n) is 16.8. The van der Waals surface area contributed by atoms with Gasteiger partial charge in [0.1, 0.15) is 22.7 Å². The summed E-state index contributed by atoms with van der Waals surface area (Å²) < 4.78 is 15.6. The lowest BCUT2D eigenvalue weighted by molar-refractivity contribution is 0.487. The van der Waals surface area contributed by atoms with Crippen LogP contribution in [0.3, 0.4) is 0 Å². The van der Waals surface area contributed by atoms with Crippen LogP contribution in [0.4, 0.5) is 17.1 Å². The number of benzene rings is 8. The van der Waals surface area contributed by atoms with E-state index < -0.39 is 0 Å². The molecule has 0 spiro atoms. The molecule has 0 bridgehead atoms. The second-order valence-corrected chi connectivity index (χ2v) is 13.9. The molecule has 50 heavy (non-hydrogen) atoms. The van der Waals surface area contributed by atoms with Crippen molar-refractivity contribution < 1.29 is 9.15 Å². The molecule has 0 fully saturated rings. The molecule has 0 atom stereocenters. The zero-order valence-electron chi connectivity index (χ0n) is 26.8. The first kappa shape index (κ1) is 27.6. The van der Waals surface area contributed by atoms with Crippen LogP contribution in [-0.2, 0) is 0 Å². The number of hydrogen-bond acceptors (Lipinski definition) is 4. The van der Waals surface area contributed by atoms with Crippen LogP contribution >= 0.6 is 11.3 Å². The molecule has 0 radical (unpaired) electrons. The minimum Gasteiger partial charge on any atom is -0.456 e. The van der Waals surface area contributed by atoms with Crippen molar-refractivity contribution in [2.75, 3.05) is 4.90 Å². The van der Waals surface area contributed by atoms with Crippen molar-refractivity contribution in [3.05, 3.63) is 164 Å². The van der Waals surface area contributed by atoms with Crippen molar-refractivity contribution in [2.45, 2.75) is 0 Å². The molecule has 10 aromatic rings. The summed E-state index contributed by atoms with van der Waals surface area (Å²) in [6, 6.07) is 58.2. The van der Waals surface area contributed by atoms with Gasteiger partial charge in [-0.3, -0.25) is 0 Å². The molecule has 0 unspecified atom stereocenters. The SMILES string of the molecule is c1ccc(-c2ccc3c4c(cccc24)-c2ccc(N(c4ccc5oc6ccccc6c5c4)c4cccc5c4sc4ccccc45)cc2O3)cc1. The highest BCUT2D eigenvalue weighted by Gasteiger charge is 2.25. The van der Waals surface area contributed by atoms with Gasteiger partial charge in [-0.05, 0) is 76.7 Å². The van der Waals surface area contributed by atoms with Crippen molar-refractivity contribution in [2.24, 2.45) is 0 Å². The van der Waals surface area contributed by atoms with E-state index >= 15 is 0 Å². The fourth-order valence-electron chi connectivity index (χ4n) is 7.82. The van der Waals surface area contributed by atoms with Crippen LogP contribution in [0.1, 0.15) is 0 Å². The van der Waals surface area contributed by atoms with Gasteiger partial charge in [-0.2, -0.15) is 0 Å². The van der Waals surface area contributed by atoms with E-state index in [1.807, 2.05) is 23.5 Å². The number of nitrogens with zero attached hydrogens (tertiary/aromatic N) is 1. The Bertz CT molecular complexity index is 2970. The van der Waals surface area contributed by atoms with E-state index in [0.29, 0.717) is 0 Å². The molecule has 3 heterocycles. The highest BCUT2D eigenvalue weighted by Crippen LogP contribution is 2.52. The monoisotopic (exact) mass is 657 g/mol. The van der Waals surface area contributed by atoms with Gasteiger partial charge < -0.3 is 14.1 Å². The fourth-order valence-corrected chi connectivity index (χ4v) is 9.02. The summed E-state index contributed by atoms with van der Waals surface area (Å²) in [6.45, 7) is 0. The van der Waals surface area contributed by atoms with E-state index in [9.17, 15) is 0 Å². The third-order valence-corrected chi connectivity index (χ3v) is 11.3. The van der Waals surface area contributed by atoms with Crippen LogP contribution in [0.25, 0.3) is 75.1 Å². The maximum atomic E-state index is 6.81. The predicted octanol–water partition coefficient (Wildman–Crippen LogP) is 14.0. The van der Waals surface area contributed by atoms with Gasteiger partial charge >= 0.3 is 0 Å². The van der Waals surface area contributed by atoms with Crippen LogP contribution in [0.2, 0.25) is 0 Å². The molecule has 1 aliphatic heterocycles. The van der Waals surface area contributed by atoms with Crippen molar-refractivity contribution >= 4 is 81.3 Å². The number of anilines is 3. The number of furan rings is 1. The number of para-hydroxylation sites is 1. The molecule has 11 rings (SSSR count). The molecule has 4 heteroatoms. The topological polar surface area (TPSA) is 25.6 Å². The standard InChI is InChI=1S/C46H27NO2S/c1-2-10-28(11-3-1)31-23-25-42-45-35(31)14-8-15-36(45)33-22-20-30(27-43(33)49-42)47(29-21-24-41-38(26-29)32-12-4-6-18-40(32)48-41)39-17-9-16-37-34-13-5-7-19-44(34)50-46(37)39/h1-27H. The summed E-state index contributed by atoms with van der Waals surface area (Å²) in [6.07, 6.45) is 0. The summed E-state index contributed by atoms with van der Waals surface area (Å²) in [5.41, 5.74) is 9.66. The van der Waals surface area contributed by atoms with Gasteiger partial charge in [0.25, 0.3) is 0 Å². The lowest BCUT2D eigenvalue weighted by Gasteiger charge is -2.28. The molecule has 0 saturated carbocycles. The third kappa shape index (κ3) is 4.03. The average Bonchev–Trinajstić information content (AvgIpc) is 3.74. The minimum atomic E-state index is 0.846. The van der Waals surface area contributed by atoms with E-state index in [2.05, 4.69) is 157 Å². The maximum absolute atomic E-state index is 6.81. The number of fused-ring (bicyclic) bond motifs is 8. The van der Waals surface area contributed by atoms with E-state index in [0.717, 1.165) is 61.4 Å². The molecule has 0 aliphatic carbocycles. The molecule has 0 N–H and O–H groups in total. The van der Waals surface area contributed by atoms with Crippen LogP contribution in [0.5, 0.6) is 11.5 Å². The van der Waals surface area contributed by atoms with Crippen LogP contribution in [-0.4, -0.2) is 0 Å². The van der Waals surface area contributed by atoms with Gasteiger partial charge in [0.05, 0.1) is 10.4 Å². The molecular weight excluding hydrogens is 631 g/mol. The van der Waals surface area contributed by atoms with E-state index in [-0.39, 0.29) is 0 Å². The van der Waals surface area contributed by atoms with Crippen molar-refractivity contribution in [1.29, 1.82) is 0 Å². The summed E-state index contributed by atoms with van der Waals surface area (Å²) >= 11 is 1.84. The summed E-state index contributed by atoms with van der Waals surface area (Å²) in [7, 11) is 0. The second kappa shape index (κ2) is 10.6. The number of hydrogen-bond donors (Lipinski definition) is 0. The van der Waals surface area contributed by atoms with Gasteiger partial charge in [0.2, 0.25) is 0 Å². The Morgan fingerprint density at radius 2 is 1.16 bits per heavy atom. The molecule has 0 amide bonds. The molecular formula is C46H27NO2S. The Morgan fingerprint density at radius 1 is 0.440 bits per heavy atom. The van der Waals surface area contributed by atoms with Gasteiger partial charge in [0, 0.05) is 54.6 Å². The highest BCUT2D eigenvalue weighted by molar-refractivity contribution is 7.26. The smallest absolute Gasteiger partial charge is 0.137 e. The first-order valence-corrected chi connectivity index (χ1v) is 17.7. The number of ether oxygens (including phenoxy) is 1. The summed E-state index contributed by atoms with van der Waals surface area (Å²) in [4.78, 5) is 2.37. The second-order valence-electron chi connectivity index (χ2n) is 12.9. The van der Waals surface area contributed by atoms with Crippen molar-refractivity contribution in [3.8, 4) is 33.8 Å². The number of rotatable bonds is 4. The largest absolute Gasteiger partial charge is 0.456 e. The Labute approximate surface area is 291 Å². The molecule has 1 aliphatic rings. The molecule has 234 valence electrons. The van der Waals surface area contributed by atoms with Crippen LogP contribution < -0.4 is 9.64 Å². The molecule has 3 nitrogen and oxygen atoms in total. The third-order valence-electron chi connectivity index (χ3n) is 10.1. The van der Waals surface area contributed by atoms with Gasteiger partial charge in [-0.1, -0.05) is 103 Å². The molecule has 0 saturated heterocycles. The van der Waals surface area contributed by atoms with E-state index in [1.165, 1.54) is 42.2 Å². The number of thiophene rings is 1. The fraction of sp³-hybridized carbons (Fsp3) is 0. The highest BCUT2D eigenvalue weighted by atomic mass is 32.1. The van der Waals surface area contributed by atoms with Gasteiger partial charge in [0.15, 0.2) is 0 Å². The van der Waals surface area contributed by atoms with Gasteiger partial charge in [-0.15, -0.1) is 11.3 Å². The predicted molar refractivity (Wildman–Crippen MR) is 210 cm³/mol. The quantitative estimate of drug-likeness (QED) is 0.188. The van der Waals surface area contributed by atoms with Crippen LogP contribution in [0, 0.1) is 0 Å². The zero-order valence-corrected chi connectivity index (χ0v) is 27.6. The Kier molecular flexibility index (Phi) is 5.83. The Balaban J connectivity index is 1.13. The van der Waals surface area contributed by atoms with E-state index in [1.54, 1.807) is 0 Å². The molecule has 8 aromatic carbocycles. The zero-order chi connectivity index (χ0) is 32.8. The van der Waals surface area contributed by atoms with Crippen molar-refractivity contribution in [3.63, 3.8) is 0 Å².